The van der Waals surface area contributed by atoms with Gasteiger partial charge in [-0.15, -0.1) is 0 Å². The van der Waals surface area contributed by atoms with Gasteiger partial charge in [0.2, 0.25) is 70.9 Å². The summed E-state index contributed by atoms with van der Waals surface area (Å²) in [5.74, 6) is -16.3. The van der Waals surface area contributed by atoms with E-state index >= 15 is 4.39 Å². The van der Waals surface area contributed by atoms with Crippen molar-refractivity contribution in [3.05, 3.63) is 143 Å². The van der Waals surface area contributed by atoms with E-state index < -0.39 is 193 Å². The van der Waals surface area contributed by atoms with Crippen LogP contribution >= 0.6 is 0 Å². The Kier molecular flexibility index (Phi) is 31.4. The zero-order valence-corrected chi connectivity index (χ0v) is 62.8. The van der Waals surface area contributed by atoms with Gasteiger partial charge in [-0.3, -0.25) is 67.1 Å². The molecule has 12 amide bonds. The fraction of sp³-hybridized carbons (Fsp3) is 0.461. The topological polar surface area (TPSA) is 545 Å². The number of ether oxygens (including phenoxy) is 1. The number of methoxy groups -OCH3 is 1. The maximum atomic E-state index is 15.5. The minimum Gasteiger partial charge on any atom is -0.497 e. The number of amides is 12. The number of aliphatic carboxylic acids is 2. The third-order valence-electron chi connectivity index (χ3n) is 19.6. The molecule has 19 N–H and O–H groups in total. The molecule has 3 heterocycles. The van der Waals surface area contributed by atoms with E-state index in [4.69, 9.17) is 16.2 Å². The average Bonchev–Trinajstić information content (AvgIpc) is 1.56. The number of primary amides is 1. The zero-order chi connectivity index (χ0) is 82.3. The van der Waals surface area contributed by atoms with Crippen LogP contribution in [0.25, 0.3) is 11.1 Å². The Labute approximate surface area is 644 Å². The molecule has 12 atom stereocenters. The summed E-state index contributed by atoms with van der Waals surface area (Å²) in [5, 5.41) is 73.0. The number of carboxylic acid groups (broad SMARTS) is 2. The number of benzene rings is 4. The molecule has 0 spiro atoms. The lowest BCUT2D eigenvalue weighted by Gasteiger charge is -2.36. The highest BCUT2D eigenvalue weighted by atomic mass is 19.1. The lowest BCUT2D eigenvalue weighted by molar-refractivity contribution is -0.146. The van der Waals surface area contributed by atoms with E-state index in [2.05, 4.69) is 57.8 Å². The largest absolute Gasteiger partial charge is 0.497 e. The van der Waals surface area contributed by atoms with Crippen LogP contribution in [0.5, 0.6) is 5.75 Å². The first-order valence-corrected chi connectivity index (χ1v) is 36.4. The van der Waals surface area contributed by atoms with Gasteiger partial charge in [-0.25, -0.2) is 9.37 Å². The van der Waals surface area contributed by atoms with Crippen LogP contribution in [0.2, 0.25) is 0 Å². The number of aryl methyl sites for hydroxylation is 1. The number of aliphatic hydroxyl groups excluding tert-OH is 3. The summed E-state index contributed by atoms with van der Waals surface area (Å²) in [6.45, 7) is 5.02. The van der Waals surface area contributed by atoms with Crippen molar-refractivity contribution < 1.29 is 102 Å². The minimum absolute atomic E-state index is 0.0263. The van der Waals surface area contributed by atoms with Gasteiger partial charge in [0.05, 0.1) is 57.0 Å². The second-order valence-corrected chi connectivity index (χ2v) is 28.1. The first-order valence-electron chi connectivity index (χ1n) is 36.4. The number of fused-ring (bicyclic) bond motifs is 1. The Morgan fingerprint density at radius 1 is 0.696 bits per heavy atom. The second kappa shape index (κ2) is 40.3. The summed E-state index contributed by atoms with van der Waals surface area (Å²) in [4.78, 5) is 202. The molecule has 0 saturated carbocycles. The number of carbonyl (C=O) groups is 14. The number of imidazole rings is 1. The Bertz CT molecular complexity index is 4240. The van der Waals surface area contributed by atoms with Gasteiger partial charge in [-0.1, -0.05) is 79.7 Å². The molecule has 4 aromatic carbocycles. The van der Waals surface area contributed by atoms with E-state index in [1.165, 1.54) is 43.5 Å². The highest BCUT2D eigenvalue weighted by Gasteiger charge is 2.48. The molecule has 7 rings (SSSR count). The number of hydrogen-bond acceptors (Lipinski definition) is 20. The zero-order valence-electron chi connectivity index (χ0n) is 62.8. The van der Waals surface area contributed by atoms with Gasteiger partial charge in [-0.2, -0.15) is 0 Å². The molecule has 0 aliphatic carbocycles. The molecule has 0 radical (unpaired) electrons. The molecule has 0 bridgehead atoms. The molecule has 604 valence electrons. The molecule has 2 aliphatic heterocycles. The van der Waals surface area contributed by atoms with Gasteiger partial charge < -0.3 is 104 Å². The van der Waals surface area contributed by atoms with Gasteiger partial charge in [-0.05, 0) is 123 Å². The van der Waals surface area contributed by atoms with Crippen LogP contribution in [0.4, 0.5) is 4.39 Å². The lowest BCUT2D eigenvalue weighted by atomic mass is 9.90. The maximum absolute atomic E-state index is 15.5. The smallest absolute Gasteiger partial charge is 0.305 e. The van der Waals surface area contributed by atoms with Crippen LogP contribution in [0.15, 0.2) is 104 Å². The van der Waals surface area contributed by atoms with Crippen molar-refractivity contribution in [3.63, 3.8) is 0 Å². The second-order valence-electron chi connectivity index (χ2n) is 28.1. The van der Waals surface area contributed by atoms with Crippen molar-refractivity contribution in [1.29, 1.82) is 0 Å². The summed E-state index contributed by atoms with van der Waals surface area (Å²) in [6.07, 6.45) is -3.02. The number of nitrogens with one attached hydrogen (secondary N) is 10. The number of rotatable bonds is 40. The summed E-state index contributed by atoms with van der Waals surface area (Å²) >= 11 is 0. The quantitative estimate of drug-likeness (QED) is 0.0199. The maximum Gasteiger partial charge on any atom is 0.305 e. The highest BCUT2D eigenvalue weighted by molar-refractivity contribution is 6.01. The Hall–Kier alpha value is -11.8. The number of carbonyl (C=O) groups excluding carboxylic acids is 12. The molecule has 2 aliphatic rings. The van der Waals surface area contributed by atoms with Crippen molar-refractivity contribution in [2.24, 2.45) is 11.5 Å². The number of nitrogens with zero attached hydrogens (tertiary/aromatic N) is 3. The Morgan fingerprint density at radius 3 is 1.95 bits per heavy atom. The molecule has 1 aromatic heterocycles. The third-order valence-corrected chi connectivity index (χ3v) is 19.6. The molecule has 35 nitrogen and oxygen atoms in total. The van der Waals surface area contributed by atoms with Crippen LogP contribution in [-0.2, 0) is 106 Å². The third kappa shape index (κ3) is 23.9. The van der Waals surface area contributed by atoms with E-state index in [1.807, 2.05) is 43.3 Å². The van der Waals surface area contributed by atoms with Crippen molar-refractivity contribution in [2.75, 3.05) is 33.4 Å². The normalized spacial score (nSPS) is 17.0. The number of aromatic amines is 1. The van der Waals surface area contributed by atoms with E-state index in [-0.39, 0.29) is 50.1 Å². The minimum atomic E-state index is -2.44. The van der Waals surface area contributed by atoms with Crippen LogP contribution in [-0.4, -0.2) is 233 Å². The van der Waals surface area contributed by atoms with Gasteiger partial charge in [0.15, 0.2) is 0 Å². The van der Waals surface area contributed by atoms with Crippen LogP contribution in [0.1, 0.15) is 113 Å². The van der Waals surface area contributed by atoms with Crippen molar-refractivity contribution >= 4 is 82.8 Å². The van der Waals surface area contributed by atoms with Crippen LogP contribution < -0.4 is 64.1 Å². The molecule has 112 heavy (non-hydrogen) atoms. The number of hydrogen-bond donors (Lipinski definition) is 17. The van der Waals surface area contributed by atoms with Crippen molar-refractivity contribution in [2.45, 2.75) is 190 Å². The number of H-pyrrole nitrogens is 1. The fourth-order valence-corrected chi connectivity index (χ4v) is 13.1. The predicted octanol–water partition coefficient (Wildman–Crippen LogP) is -2.15. The predicted molar refractivity (Wildman–Crippen MR) is 398 cm³/mol. The van der Waals surface area contributed by atoms with Gasteiger partial charge in [0.25, 0.3) is 0 Å². The first-order chi connectivity index (χ1) is 53.1. The van der Waals surface area contributed by atoms with Crippen LogP contribution in [0.3, 0.4) is 0 Å². The average molecular weight is 1560 g/mol. The number of likely N-dealkylation sites (tertiary alicyclic amines) is 1. The summed E-state index contributed by atoms with van der Waals surface area (Å²) in [7, 11) is 1.54. The molecule has 5 aromatic rings. The Balaban J connectivity index is 1.04. The van der Waals surface area contributed by atoms with Gasteiger partial charge in [0.1, 0.15) is 64.9 Å². The molecular weight excluding hydrogens is 1460 g/mol. The number of carboxylic acids is 2. The number of halogens is 1. The fourth-order valence-electron chi connectivity index (χ4n) is 13.1. The molecule has 1 saturated heterocycles. The van der Waals surface area contributed by atoms with Crippen LogP contribution in [0, 0.1) is 5.82 Å². The van der Waals surface area contributed by atoms with E-state index in [9.17, 15) is 92.7 Å². The molecule has 0 unspecified atom stereocenters. The van der Waals surface area contributed by atoms with E-state index in [1.54, 1.807) is 41.4 Å². The number of aliphatic hydroxyl groups is 3. The molecule has 1 fully saturated rings. The van der Waals surface area contributed by atoms with Crippen molar-refractivity contribution in [1.82, 2.24) is 67.6 Å². The summed E-state index contributed by atoms with van der Waals surface area (Å²) in [6, 6.07) is 10.6. The first kappa shape index (κ1) is 87.5. The van der Waals surface area contributed by atoms with Gasteiger partial charge in [0, 0.05) is 57.9 Å². The van der Waals surface area contributed by atoms with E-state index in [0.717, 1.165) is 54.7 Å². The SMILES string of the molecule is CCc1cc(OC)ccc1-c1ccc(C[C@H](NC(=O)[C@H](CC(=O)O)NC(=O)[C@H](CO)NC(=O)[C@@H](NC(=O)[C@](C)(Cc2ccccc2F)NC(=O)[C@@H](NC(=O)CNC(=O)[C@H](CCC(=O)O)NC(=O)[C@]2(C)CCCN2C(=O)[C@@H](N)Cc2c[nH]cn2)[C@@H](C)O)[C@@H](C)O)C(=O)N[C@@H](CCC(=O)N2CCc3ccccc3C2)C(N)=O)cc1. The summed E-state index contributed by atoms with van der Waals surface area (Å²) < 4.78 is 20.9. The number of nitrogens with two attached hydrogens (primary N) is 2. The van der Waals surface area contributed by atoms with Gasteiger partial charge >= 0.3 is 11.9 Å². The summed E-state index contributed by atoms with van der Waals surface area (Å²) in [5.41, 5.74) is 13.3. The molecular formula is C76H98FN15O20. The lowest BCUT2D eigenvalue weighted by Crippen LogP contribution is -2.67. The highest BCUT2D eigenvalue weighted by Crippen LogP contribution is 2.32. The van der Waals surface area contributed by atoms with Crippen molar-refractivity contribution in [3.8, 4) is 16.9 Å². The number of aromatic nitrogens is 2. The molecule has 36 heteroatoms. The monoisotopic (exact) mass is 1560 g/mol. The van der Waals surface area contributed by atoms with E-state index in [0.29, 0.717) is 49.4 Å². The standard InChI is InChI=1S/C76H98FN15O20/c1-7-44-32-50(112-6)21-22-51(44)46-19-17-43(18-20-46)31-56(67(104)83-54(65(79)102)23-25-60(97)91-30-27-45-13-8-9-15-48(45)38-91)84-68(105)57(34-62(100)101)85-69(106)58(39-93)86-70(107)63(41(2)94)89-73(110)75(4,35-47-14-10-11-16-52(47)77)90-71(108)64(42(3)95)88-59(96)37-81-66(103)55(24-26-61(98)99)87-74(111)76(5)28-12-29-92(76)72(109)53(78)33-49-36-80-40-82-49/h8-11,13-22,32,36,40-42,53-58,63-64,93-95H,7,12,23-31,33-35,37-39,78H2,1-6H3,(H2,79,102)(H,80,82)(H,81,103)(H,83,104)(H,84,105)(H,85,106)(H,86,107)(H,87,111)(H,88,96)(H,89,110)(H,90,108)(H,98,99)(H,100,101)/t41-,42-,53+,54+,55+,56+,57+,58+,63+,64+,75+,76+/m1/s1. The Morgan fingerprint density at radius 2 is 1.32 bits per heavy atom.